The van der Waals surface area contributed by atoms with Crippen LogP contribution < -0.4 is 0 Å². The van der Waals surface area contributed by atoms with Crippen LogP contribution in [0.5, 0.6) is 0 Å². The Morgan fingerprint density at radius 1 is 1.17 bits per heavy atom. The van der Waals surface area contributed by atoms with Crippen LogP contribution in [-0.2, 0) is 13.2 Å². The summed E-state index contributed by atoms with van der Waals surface area (Å²) in [5, 5.41) is 13.9. The van der Waals surface area contributed by atoms with Gasteiger partial charge in [0.15, 0.2) is 10.6 Å². The molecule has 6 nitrogen and oxygen atoms in total. The predicted molar refractivity (Wildman–Crippen MR) is 114 cm³/mol. The molecule has 2 aromatic heterocycles. The number of aromatic nitrogens is 4. The lowest BCUT2D eigenvalue weighted by Crippen LogP contribution is -2.27. The van der Waals surface area contributed by atoms with Gasteiger partial charge in [0, 0.05) is 30.5 Å². The van der Waals surface area contributed by atoms with Gasteiger partial charge in [0.1, 0.15) is 0 Å². The first-order valence-electron chi connectivity index (χ1n) is 10.0. The molecule has 0 radical (unpaired) electrons. The van der Waals surface area contributed by atoms with Gasteiger partial charge in [-0.15, -0.1) is 0 Å². The van der Waals surface area contributed by atoms with Gasteiger partial charge in [0.25, 0.3) is 0 Å². The van der Waals surface area contributed by atoms with E-state index in [2.05, 4.69) is 27.4 Å². The van der Waals surface area contributed by atoms with Crippen molar-refractivity contribution in [3.63, 3.8) is 0 Å². The number of hydrogen-bond donors (Lipinski definition) is 0. The summed E-state index contributed by atoms with van der Waals surface area (Å²) in [4.78, 5) is 6.47. The maximum absolute atomic E-state index is 9.00. The summed E-state index contributed by atoms with van der Waals surface area (Å²) < 4.78 is 4.93. The third-order valence-corrected chi connectivity index (χ3v) is 5.49. The largest absolute Gasteiger partial charge is 0.297 e. The molecule has 1 saturated carbocycles. The highest BCUT2D eigenvalue weighted by Gasteiger charge is 2.29. The molecule has 1 fully saturated rings. The molecule has 0 N–H and O–H groups in total. The second-order valence-electron chi connectivity index (χ2n) is 7.45. The van der Waals surface area contributed by atoms with E-state index in [0.29, 0.717) is 18.3 Å². The van der Waals surface area contributed by atoms with Crippen LogP contribution in [0.2, 0.25) is 0 Å². The summed E-state index contributed by atoms with van der Waals surface area (Å²) in [7, 11) is 0. The van der Waals surface area contributed by atoms with Crippen molar-refractivity contribution in [1.29, 1.82) is 5.26 Å². The number of hydrogen-bond acceptors (Lipinski definition) is 5. The van der Waals surface area contributed by atoms with Gasteiger partial charge in [-0.2, -0.15) is 10.4 Å². The van der Waals surface area contributed by atoms with E-state index in [1.165, 1.54) is 5.56 Å². The molecule has 2 heterocycles. The van der Waals surface area contributed by atoms with E-state index in [1.807, 2.05) is 41.1 Å². The van der Waals surface area contributed by atoms with Gasteiger partial charge in [-0.3, -0.25) is 14.5 Å². The van der Waals surface area contributed by atoms with E-state index in [4.69, 9.17) is 22.6 Å². The molecule has 7 heteroatoms. The number of nitriles is 1. The summed E-state index contributed by atoms with van der Waals surface area (Å²) in [6, 6.07) is 14.4. The summed E-state index contributed by atoms with van der Waals surface area (Å²) in [6.07, 6.45) is 6.94. The van der Waals surface area contributed by atoms with Gasteiger partial charge in [-0.1, -0.05) is 19.1 Å². The van der Waals surface area contributed by atoms with Crippen LogP contribution in [0.15, 0.2) is 48.8 Å². The highest BCUT2D eigenvalue weighted by molar-refractivity contribution is 7.71. The van der Waals surface area contributed by atoms with Crippen molar-refractivity contribution in [2.24, 2.45) is 0 Å². The second kappa shape index (κ2) is 8.68. The van der Waals surface area contributed by atoms with Gasteiger partial charge in [-0.25, -0.2) is 4.68 Å². The Hall–Kier alpha value is -2.82. The summed E-state index contributed by atoms with van der Waals surface area (Å²) in [5.41, 5.74) is 2.91. The molecular weight excluding hydrogens is 380 g/mol. The highest BCUT2D eigenvalue weighted by Crippen LogP contribution is 2.38. The van der Waals surface area contributed by atoms with Crippen LogP contribution in [0.3, 0.4) is 0 Å². The number of pyridine rings is 1. The van der Waals surface area contributed by atoms with E-state index in [1.54, 1.807) is 12.4 Å². The first kappa shape index (κ1) is 19.5. The van der Waals surface area contributed by atoms with Crippen molar-refractivity contribution < 1.29 is 0 Å². The molecule has 0 bridgehead atoms. The predicted octanol–water partition coefficient (Wildman–Crippen LogP) is 4.55. The van der Waals surface area contributed by atoms with E-state index in [0.717, 1.165) is 48.5 Å². The smallest absolute Gasteiger partial charge is 0.199 e. The van der Waals surface area contributed by atoms with Crippen molar-refractivity contribution in [3.8, 4) is 17.5 Å². The normalized spacial score (nSPS) is 13.6. The summed E-state index contributed by atoms with van der Waals surface area (Å²) >= 11 is 5.81. The molecule has 4 rings (SSSR count). The maximum atomic E-state index is 9.00. The van der Waals surface area contributed by atoms with E-state index < -0.39 is 0 Å². The molecule has 0 amide bonds. The number of benzene rings is 1. The van der Waals surface area contributed by atoms with Crippen LogP contribution in [0.25, 0.3) is 11.4 Å². The van der Waals surface area contributed by atoms with Gasteiger partial charge < -0.3 is 0 Å². The zero-order chi connectivity index (χ0) is 20.2. The minimum atomic E-state index is 0.456. The SMILES string of the molecule is CCCN(Cc1ccc(C#N)cc1)Cn1nc(-c2ccncc2)n(C2CC2)c1=S. The molecule has 0 aliphatic heterocycles. The van der Waals surface area contributed by atoms with E-state index in [9.17, 15) is 0 Å². The molecular formula is C22H24N6S. The van der Waals surface area contributed by atoms with Crippen molar-refractivity contribution in [2.45, 2.75) is 45.4 Å². The van der Waals surface area contributed by atoms with Crippen LogP contribution in [-0.4, -0.2) is 30.8 Å². The van der Waals surface area contributed by atoms with Crippen LogP contribution in [0.4, 0.5) is 0 Å². The van der Waals surface area contributed by atoms with Crippen LogP contribution >= 0.6 is 12.2 Å². The Morgan fingerprint density at radius 2 is 1.90 bits per heavy atom. The quantitative estimate of drug-likeness (QED) is 0.515. The molecule has 0 atom stereocenters. The fourth-order valence-corrected chi connectivity index (χ4v) is 3.85. The fraction of sp³-hybridized carbons (Fsp3) is 0.364. The average molecular weight is 405 g/mol. The molecule has 1 aromatic carbocycles. The van der Waals surface area contributed by atoms with E-state index in [-0.39, 0.29) is 0 Å². The van der Waals surface area contributed by atoms with Crippen molar-refractivity contribution in [1.82, 2.24) is 24.2 Å². The third-order valence-electron chi connectivity index (χ3n) is 5.08. The van der Waals surface area contributed by atoms with Gasteiger partial charge in [-0.05, 0) is 67.9 Å². The molecule has 0 saturated heterocycles. The lowest BCUT2D eigenvalue weighted by Gasteiger charge is -2.21. The number of rotatable bonds is 8. The molecule has 0 unspecified atom stereocenters. The van der Waals surface area contributed by atoms with Gasteiger partial charge in [0.2, 0.25) is 0 Å². The Balaban J connectivity index is 1.61. The monoisotopic (exact) mass is 404 g/mol. The van der Waals surface area contributed by atoms with Crippen LogP contribution in [0.1, 0.15) is 43.4 Å². The lowest BCUT2D eigenvalue weighted by atomic mass is 10.1. The molecule has 1 aliphatic rings. The molecule has 3 aromatic rings. The van der Waals surface area contributed by atoms with Crippen molar-refractivity contribution >= 4 is 12.2 Å². The fourth-order valence-electron chi connectivity index (χ4n) is 3.52. The lowest BCUT2D eigenvalue weighted by molar-refractivity contribution is 0.197. The Morgan fingerprint density at radius 3 is 2.52 bits per heavy atom. The van der Waals surface area contributed by atoms with E-state index >= 15 is 0 Å². The maximum Gasteiger partial charge on any atom is 0.199 e. The first-order valence-corrected chi connectivity index (χ1v) is 10.4. The summed E-state index contributed by atoms with van der Waals surface area (Å²) in [5.74, 6) is 0.926. The minimum absolute atomic E-state index is 0.456. The second-order valence-corrected chi connectivity index (χ2v) is 7.81. The third kappa shape index (κ3) is 4.44. The molecule has 0 spiro atoms. The molecule has 29 heavy (non-hydrogen) atoms. The highest BCUT2D eigenvalue weighted by atomic mass is 32.1. The topological polar surface area (TPSA) is 62.7 Å². The van der Waals surface area contributed by atoms with Crippen molar-refractivity contribution in [2.75, 3.05) is 6.54 Å². The molecule has 1 aliphatic carbocycles. The first-order chi connectivity index (χ1) is 14.2. The van der Waals surface area contributed by atoms with Gasteiger partial charge in [0.05, 0.1) is 18.3 Å². The Bertz CT molecular complexity index is 1060. The molecule has 148 valence electrons. The minimum Gasteiger partial charge on any atom is -0.297 e. The van der Waals surface area contributed by atoms with Crippen molar-refractivity contribution in [3.05, 3.63) is 64.7 Å². The van der Waals surface area contributed by atoms with Crippen LogP contribution in [0, 0.1) is 16.1 Å². The Labute approximate surface area is 176 Å². The Kier molecular flexibility index (Phi) is 5.84. The zero-order valence-corrected chi connectivity index (χ0v) is 17.3. The summed E-state index contributed by atoms with van der Waals surface area (Å²) in [6.45, 7) is 4.56. The number of nitrogens with zero attached hydrogens (tertiary/aromatic N) is 6. The average Bonchev–Trinajstić information content (AvgIpc) is 3.54. The van der Waals surface area contributed by atoms with Gasteiger partial charge >= 0.3 is 0 Å². The zero-order valence-electron chi connectivity index (χ0n) is 16.5. The standard InChI is InChI=1S/C22H24N6S/c1-2-13-26(15-18-5-3-17(14-23)4-6-18)16-27-22(29)28(20-7-8-20)21(25-27)19-9-11-24-12-10-19/h3-6,9-12,20H,2,7-8,13,15-16H2,1H3.